The van der Waals surface area contributed by atoms with Crippen molar-refractivity contribution in [2.75, 3.05) is 0 Å². The van der Waals surface area contributed by atoms with E-state index in [1.54, 1.807) is 11.0 Å². The quantitative estimate of drug-likeness (QED) is 0.784. The van der Waals surface area contributed by atoms with Crippen LogP contribution in [0.2, 0.25) is 0 Å². The molecule has 0 radical (unpaired) electrons. The Bertz CT molecular complexity index is 475. The highest BCUT2D eigenvalue weighted by atomic mass is 79.9. The van der Waals surface area contributed by atoms with E-state index in [-0.39, 0.29) is 0 Å². The molecule has 0 aromatic carbocycles. The third-order valence-electron chi connectivity index (χ3n) is 2.26. The second-order valence-electron chi connectivity index (χ2n) is 4.29. The molecule has 0 saturated carbocycles. The summed E-state index contributed by atoms with van der Waals surface area (Å²) >= 11 is 3.35. The molecular weight excluding hydrogens is 284 g/mol. The first-order valence-electron chi connectivity index (χ1n) is 5.50. The van der Waals surface area contributed by atoms with Gasteiger partial charge in [-0.1, -0.05) is 35.0 Å². The molecule has 0 amide bonds. The number of rotatable bonds is 5. The van der Waals surface area contributed by atoms with Crippen LogP contribution in [-0.2, 0) is 18.4 Å². The predicted octanol–water partition coefficient (Wildman–Crippen LogP) is 1.47. The van der Waals surface area contributed by atoms with Crippen LogP contribution in [0.4, 0.5) is 0 Å². The fourth-order valence-corrected chi connectivity index (χ4v) is 1.79. The fraction of sp³-hybridized carbons (Fsp3) is 0.600. The highest BCUT2D eigenvalue weighted by molar-refractivity contribution is 9.08. The zero-order chi connectivity index (χ0) is 12.3. The molecule has 0 aliphatic rings. The van der Waals surface area contributed by atoms with Crippen LogP contribution in [0.25, 0.3) is 0 Å². The average Bonchev–Trinajstić information content (AvgIpc) is 2.89. The Balaban J connectivity index is 2.10. The standard InChI is InChI=1S/C10H15BrN6/c1-8(2)4-17-10(12-7-13-17)6-16-5-9(3-11)14-15-16/h5,7-8H,3-4,6H2,1-2H3. The van der Waals surface area contributed by atoms with Crippen LogP contribution in [0.5, 0.6) is 0 Å². The lowest BCUT2D eigenvalue weighted by atomic mass is 10.2. The second-order valence-corrected chi connectivity index (χ2v) is 4.85. The summed E-state index contributed by atoms with van der Waals surface area (Å²) < 4.78 is 3.69. The lowest BCUT2D eigenvalue weighted by Gasteiger charge is -2.07. The first-order chi connectivity index (χ1) is 8.19. The third kappa shape index (κ3) is 3.12. The Hall–Kier alpha value is -1.24. The highest BCUT2D eigenvalue weighted by Crippen LogP contribution is 2.04. The van der Waals surface area contributed by atoms with E-state index in [1.807, 2.05) is 10.9 Å². The van der Waals surface area contributed by atoms with Gasteiger partial charge in [0.2, 0.25) is 0 Å². The number of nitrogens with zero attached hydrogens (tertiary/aromatic N) is 6. The fourth-order valence-electron chi connectivity index (χ4n) is 1.53. The zero-order valence-corrected chi connectivity index (χ0v) is 11.5. The molecule has 0 aliphatic carbocycles. The maximum absolute atomic E-state index is 4.25. The molecule has 6 nitrogen and oxygen atoms in total. The van der Waals surface area contributed by atoms with Gasteiger partial charge in [-0.25, -0.2) is 14.3 Å². The topological polar surface area (TPSA) is 61.4 Å². The number of aromatic nitrogens is 6. The normalized spacial score (nSPS) is 11.3. The Morgan fingerprint density at radius 2 is 2.24 bits per heavy atom. The second kappa shape index (κ2) is 5.39. The molecule has 0 saturated heterocycles. The molecule has 92 valence electrons. The van der Waals surface area contributed by atoms with Crippen molar-refractivity contribution in [2.45, 2.75) is 32.3 Å². The SMILES string of the molecule is CC(C)Cn1ncnc1Cn1cc(CBr)nn1. The molecule has 0 bridgehead atoms. The minimum atomic E-state index is 0.546. The maximum atomic E-state index is 4.25. The number of hydrogen-bond donors (Lipinski definition) is 0. The Kier molecular flexibility index (Phi) is 3.88. The Labute approximate surface area is 108 Å². The van der Waals surface area contributed by atoms with Gasteiger partial charge in [0.15, 0.2) is 0 Å². The van der Waals surface area contributed by atoms with E-state index < -0.39 is 0 Å². The van der Waals surface area contributed by atoms with Gasteiger partial charge < -0.3 is 0 Å². The minimum Gasteiger partial charge on any atom is -0.248 e. The summed E-state index contributed by atoms with van der Waals surface area (Å²) in [6.07, 6.45) is 3.49. The average molecular weight is 299 g/mol. The van der Waals surface area contributed by atoms with Crippen molar-refractivity contribution in [1.29, 1.82) is 0 Å². The van der Waals surface area contributed by atoms with Crippen LogP contribution in [0, 0.1) is 5.92 Å². The maximum Gasteiger partial charge on any atom is 0.148 e. The van der Waals surface area contributed by atoms with E-state index in [4.69, 9.17) is 0 Å². The summed E-state index contributed by atoms with van der Waals surface area (Å²) in [5.74, 6) is 1.45. The van der Waals surface area contributed by atoms with Gasteiger partial charge in [0, 0.05) is 18.1 Å². The molecule has 2 aromatic heterocycles. The van der Waals surface area contributed by atoms with Gasteiger partial charge in [0.05, 0.1) is 5.69 Å². The van der Waals surface area contributed by atoms with Crippen molar-refractivity contribution in [2.24, 2.45) is 5.92 Å². The highest BCUT2D eigenvalue weighted by Gasteiger charge is 2.08. The number of hydrogen-bond acceptors (Lipinski definition) is 4. The van der Waals surface area contributed by atoms with Gasteiger partial charge in [0.25, 0.3) is 0 Å². The molecule has 17 heavy (non-hydrogen) atoms. The lowest BCUT2D eigenvalue weighted by Crippen LogP contribution is -2.13. The molecular formula is C10H15BrN6. The third-order valence-corrected chi connectivity index (χ3v) is 2.83. The van der Waals surface area contributed by atoms with Gasteiger partial charge in [-0.2, -0.15) is 5.10 Å². The minimum absolute atomic E-state index is 0.546. The van der Waals surface area contributed by atoms with Crippen molar-refractivity contribution < 1.29 is 0 Å². The summed E-state index contributed by atoms with van der Waals surface area (Å²) in [5, 5.41) is 13.0. The van der Waals surface area contributed by atoms with Crippen LogP contribution < -0.4 is 0 Å². The van der Waals surface area contributed by atoms with Gasteiger partial charge in [-0.05, 0) is 5.92 Å². The molecule has 2 rings (SSSR count). The van der Waals surface area contributed by atoms with E-state index >= 15 is 0 Å². The molecule has 0 fully saturated rings. The Morgan fingerprint density at radius 3 is 2.88 bits per heavy atom. The number of alkyl halides is 1. The van der Waals surface area contributed by atoms with Crippen LogP contribution in [0.1, 0.15) is 25.4 Å². The van der Waals surface area contributed by atoms with Crippen molar-refractivity contribution in [3.8, 4) is 0 Å². The van der Waals surface area contributed by atoms with E-state index in [0.29, 0.717) is 17.8 Å². The molecule has 0 N–H and O–H groups in total. The largest absolute Gasteiger partial charge is 0.248 e. The first kappa shape index (κ1) is 12.2. The lowest BCUT2D eigenvalue weighted by molar-refractivity contribution is 0.455. The summed E-state index contributed by atoms with van der Waals surface area (Å²) in [4.78, 5) is 4.25. The first-order valence-corrected chi connectivity index (χ1v) is 6.63. The molecule has 2 heterocycles. The predicted molar refractivity (Wildman–Crippen MR) is 66.6 cm³/mol. The zero-order valence-electron chi connectivity index (χ0n) is 9.91. The molecule has 7 heteroatoms. The monoisotopic (exact) mass is 298 g/mol. The van der Waals surface area contributed by atoms with Crippen molar-refractivity contribution in [1.82, 2.24) is 29.8 Å². The van der Waals surface area contributed by atoms with Crippen LogP contribution in [0.15, 0.2) is 12.5 Å². The van der Waals surface area contributed by atoms with Crippen molar-refractivity contribution >= 4 is 15.9 Å². The smallest absolute Gasteiger partial charge is 0.148 e. The van der Waals surface area contributed by atoms with Gasteiger partial charge in [0.1, 0.15) is 18.7 Å². The van der Waals surface area contributed by atoms with Crippen LogP contribution in [0.3, 0.4) is 0 Å². The van der Waals surface area contributed by atoms with E-state index in [0.717, 1.165) is 18.1 Å². The van der Waals surface area contributed by atoms with E-state index in [9.17, 15) is 0 Å². The van der Waals surface area contributed by atoms with E-state index in [2.05, 4.69) is 50.2 Å². The summed E-state index contributed by atoms with van der Waals surface area (Å²) in [6.45, 7) is 5.79. The Morgan fingerprint density at radius 1 is 1.41 bits per heavy atom. The molecule has 0 atom stereocenters. The van der Waals surface area contributed by atoms with E-state index in [1.165, 1.54) is 0 Å². The molecule has 0 unspecified atom stereocenters. The van der Waals surface area contributed by atoms with Gasteiger partial charge in [-0.3, -0.25) is 0 Å². The summed E-state index contributed by atoms with van der Waals surface area (Å²) in [5.41, 5.74) is 0.917. The summed E-state index contributed by atoms with van der Waals surface area (Å²) in [7, 11) is 0. The molecule has 0 spiro atoms. The van der Waals surface area contributed by atoms with Gasteiger partial charge >= 0.3 is 0 Å². The van der Waals surface area contributed by atoms with Gasteiger partial charge in [-0.15, -0.1) is 5.10 Å². The molecule has 0 aliphatic heterocycles. The van der Waals surface area contributed by atoms with Crippen molar-refractivity contribution in [3.63, 3.8) is 0 Å². The van der Waals surface area contributed by atoms with Crippen molar-refractivity contribution in [3.05, 3.63) is 24.0 Å². The number of halogens is 1. The van der Waals surface area contributed by atoms with Crippen LogP contribution in [-0.4, -0.2) is 29.8 Å². The van der Waals surface area contributed by atoms with Crippen LogP contribution >= 0.6 is 15.9 Å². The summed E-state index contributed by atoms with van der Waals surface area (Å²) in [6, 6.07) is 0. The molecule has 2 aromatic rings.